The fourth-order valence-corrected chi connectivity index (χ4v) is 0.970. The lowest BCUT2D eigenvalue weighted by atomic mass is 10.3. The van der Waals surface area contributed by atoms with Gasteiger partial charge in [-0.2, -0.15) is 0 Å². The summed E-state index contributed by atoms with van der Waals surface area (Å²) in [7, 11) is 0. The number of fused-ring (bicyclic) bond motifs is 1. The van der Waals surface area contributed by atoms with Crippen molar-refractivity contribution >= 4 is 11.0 Å². The Morgan fingerprint density at radius 2 is 2.17 bits per heavy atom. The molecule has 0 radical (unpaired) electrons. The van der Waals surface area contributed by atoms with E-state index in [9.17, 15) is 10.4 Å². The van der Waals surface area contributed by atoms with Crippen molar-refractivity contribution in [1.29, 1.82) is 0 Å². The predicted octanol–water partition coefficient (Wildman–Crippen LogP) is -1.10. The highest BCUT2D eigenvalue weighted by Crippen LogP contribution is 1.99. The highest BCUT2D eigenvalue weighted by molar-refractivity contribution is 5.66. The summed E-state index contributed by atoms with van der Waals surface area (Å²) in [5, 5.41) is 29.0. The van der Waals surface area contributed by atoms with Crippen LogP contribution in [0.3, 0.4) is 0 Å². The third-order valence-electron chi connectivity index (χ3n) is 1.48. The van der Waals surface area contributed by atoms with Crippen LogP contribution in [0.15, 0.2) is 24.5 Å². The summed E-state index contributed by atoms with van der Waals surface area (Å²) in [6.07, 6.45) is 2.59. The molecule has 0 saturated heterocycles. The molecule has 60 valence electrons. The third-order valence-corrected chi connectivity index (χ3v) is 1.48. The Hall–Kier alpha value is -1.98. The summed E-state index contributed by atoms with van der Waals surface area (Å²) in [5.41, 5.74) is -0.0486. The van der Waals surface area contributed by atoms with E-state index in [0.717, 1.165) is 0 Å². The van der Waals surface area contributed by atoms with Crippen molar-refractivity contribution in [3.05, 3.63) is 34.9 Å². The number of nitrogens with zero attached hydrogens (tertiary/aromatic N) is 4. The SMILES string of the molecule is [O-][n+]1cccc2cnn[n+]([O-])c21. The molecule has 0 unspecified atom stereocenters. The zero-order valence-corrected chi connectivity index (χ0v) is 5.91. The monoisotopic (exact) mass is 164 g/mol. The minimum Gasteiger partial charge on any atom is -0.614 e. The van der Waals surface area contributed by atoms with Crippen LogP contribution in [0.5, 0.6) is 0 Å². The molecule has 6 heteroatoms. The molecule has 2 aromatic heterocycles. The molecule has 2 heterocycles. The van der Waals surface area contributed by atoms with Crippen LogP contribution in [0.2, 0.25) is 0 Å². The van der Waals surface area contributed by atoms with Gasteiger partial charge in [-0.25, -0.2) is 0 Å². The van der Waals surface area contributed by atoms with Crippen LogP contribution in [0.25, 0.3) is 11.0 Å². The summed E-state index contributed by atoms with van der Waals surface area (Å²) in [5.74, 6) is 0. The first-order valence-electron chi connectivity index (χ1n) is 3.22. The van der Waals surface area contributed by atoms with E-state index >= 15 is 0 Å². The summed E-state index contributed by atoms with van der Waals surface area (Å²) in [6.45, 7) is 0. The van der Waals surface area contributed by atoms with E-state index in [1.807, 2.05) is 0 Å². The average molecular weight is 164 g/mol. The quantitative estimate of drug-likeness (QED) is 0.365. The minimum atomic E-state index is -0.0486. The summed E-state index contributed by atoms with van der Waals surface area (Å²) in [4.78, 5) is 0.197. The maximum atomic E-state index is 11.0. The van der Waals surface area contributed by atoms with E-state index in [1.165, 1.54) is 18.5 Å². The van der Waals surface area contributed by atoms with Crippen LogP contribution in [-0.2, 0) is 0 Å². The molecular weight excluding hydrogens is 160 g/mol. The van der Waals surface area contributed by atoms with Crippen molar-refractivity contribution in [3.63, 3.8) is 0 Å². The molecule has 0 N–H and O–H groups in total. The molecule has 2 aromatic rings. The molecule has 0 fully saturated rings. The molecule has 0 spiro atoms. The van der Waals surface area contributed by atoms with Crippen LogP contribution in [0.1, 0.15) is 0 Å². The molecule has 0 aliphatic carbocycles. The summed E-state index contributed by atoms with van der Waals surface area (Å²) >= 11 is 0. The van der Waals surface area contributed by atoms with E-state index in [4.69, 9.17) is 0 Å². The van der Waals surface area contributed by atoms with Gasteiger partial charge in [0.25, 0.3) is 0 Å². The first-order valence-corrected chi connectivity index (χ1v) is 3.22. The fraction of sp³-hybridized carbons (Fsp3) is 0. The van der Waals surface area contributed by atoms with E-state index in [2.05, 4.69) is 10.3 Å². The molecule has 0 amide bonds. The van der Waals surface area contributed by atoms with Crippen molar-refractivity contribution in [3.8, 4) is 0 Å². The summed E-state index contributed by atoms with van der Waals surface area (Å²) < 4.78 is 0.455. The Balaban J connectivity index is 2.96. The normalized spacial score (nSPS) is 10.3. The van der Waals surface area contributed by atoms with Gasteiger partial charge in [0.15, 0.2) is 6.20 Å². The molecule has 0 aliphatic rings. The van der Waals surface area contributed by atoms with Crippen LogP contribution in [0, 0.1) is 10.4 Å². The second-order valence-corrected chi connectivity index (χ2v) is 2.22. The Labute approximate surface area is 66.8 Å². The minimum absolute atomic E-state index is 0.0486. The van der Waals surface area contributed by atoms with E-state index in [0.29, 0.717) is 10.1 Å². The zero-order valence-electron chi connectivity index (χ0n) is 5.91. The average Bonchev–Trinajstić information content (AvgIpc) is 2.04. The van der Waals surface area contributed by atoms with Crippen molar-refractivity contribution in [2.75, 3.05) is 0 Å². The van der Waals surface area contributed by atoms with Gasteiger partial charge in [-0.15, -0.1) is 4.73 Å². The second-order valence-electron chi connectivity index (χ2n) is 2.22. The number of hydrogen-bond donors (Lipinski definition) is 0. The smallest absolute Gasteiger partial charge is 0.502 e. The van der Waals surface area contributed by atoms with Crippen LogP contribution >= 0.6 is 0 Å². The maximum absolute atomic E-state index is 11.0. The molecule has 0 atom stereocenters. The van der Waals surface area contributed by atoms with Gasteiger partial charge < -0.3 is 10.4 Å². The molecular formula is C6H4N4O2. The van der Waals surface area contributed by atoms with Gasteiger partial charge in [-0.3, -0.25) is 0 Å². The van der Waals surface area contributed by atoms with Gasteiger partial charge in [-0.1, -0.05) is 5.10 Å². The van der Waals surface area contributed by atoms with Gasteiger partial charge in [0, 0.05) is 10.9 Å². The lowest BCUT2D eigenvalue weighted by molar-refractivity contribution is -0.729. The van der Waals surface area contributed by atoms with Gasteiger partial charge in [-0.05, 0) is 6.07 Å². The van der Waals surface area contributed by atoms with Crippen LogP contribution in [0.4, 0.5) is 0 Å². The van der Waals surface area contributed by atoms with Gasteiger partial charge in [0.1, 0.15) is 10.6 Å². The number of hydrogen-bond acceptors (Lipinski definition) is 4. The fourth-order valence-electron chi connectivity index (χ4n) is 0.970. The molecule has 0 saturated carbocycles. The molecule has 2 rings (SSSR count). The first kappa shape index (κ1) is 6.71. The van der Waals surface area contributed by atoms with Crippen molar-refractivity contribution in [2.45, 2.75) is 0 Å². The third kappa shape index (κ3) is 0.815. The highest BCUT2D eigenvalue weighted by Gasteiger charge is 2.14. The molecule has 12 heavy (non-hydrogen) atoms. The lowest BCUT2D eigenvalue weighted by Crippen LogP contribution is -2.44. The highest BCUT2D eigenvalue weighted by atomic mass is 16.5. The molecule has 0 bridgehead atoms. The van der Waals surface area contributed by atoms with Crippen molar-refractivity contribution in [1.82, 2.24) is 10.3 Å². The van der Waals surface area contributed by atoms with E-state index in [-0.39, 0.29) is 10.5 Å². The molecule has 6 nitrogen and oxygen atoms in total. The van der Waals surface area contributed by atoms with E-state index < -0.39 is 0 Å². The number of aromatic nitrogens is 4. The van der Waals surface area contributed by atoms with Crippen molar-refractivity contribution < 1.29 is 9.58 Å². The molecule has 0 aliphatic heterocycles. The summed E-state index contributed by atoms with van der Waals surface area (Å²) in [6, 6.07) is 3.16. The molecule has 0 aromatic carbocycles. The van der Waals surface area contributed by atoms with Gasteiger partial charge in [0.05, 0.1) is 6.20 Å². The Bertz CT molecular complexity index is 394. The predicted molar refractivity (Wildman–Crippen MR) is 37.5 cm³/mol. The standard InChI is InChI=1S/C6H4N4O2/c11-9-3-1-2-5-4-7-8-10(12)6(5)9/h1-4H. The number of pyridine rings is 1. The zero-order chi connectivity index (χ0) is 8.55. The largest absolute Gasteiger partial charge is 0.614 e. The Kier molecular flexibility index (Phi) is 1.26. The lowest BCUT2D eigenvalue weighted by Gasteiger charge is -1.96. The van der Waals surface area contributed by atoms with Gasteiger partial charge >= 0.3 is 5.65 Å². The van der Waals surface area contributed by atoms with Gasteiger partial charge in [0.2, 0.25) is 0 Å². The Morgan fingerprint density at radius 1 is 1.33 bits per heavy atom. The first-order chi connectivity index (χ1) is 5.79. The maximum Gasteiger partial charge on any atom is 0.502 e. The van der Waals surface area contributed by atoms with Crippen LogP contribution in [-0.4, -0.2) is 10.3 Å². The Morgan fingerprint density at radius 3 is 2.92 bits per heavy atom. The second kappa shape index (κ2) is 2.26. The number of rotatable bonds is 0. The van der Waals surface area contributed by atoms with Crippen molar-refractivity contribution in [2.24, 2.45) is 0 Å². The van der Waals surface area contributed by atoms with E-state index in [1.54, 1.807) is 6.07 Å². The topological polar surface area (TPSA) is 79.7 Å². The van der Waals surface area contributed by atoms with Crippen LogP contribution < -0.4 is 9.58 Å².